The summed E-state index contributed by atoms with van der Waals surface area (Å²) >= 11 is 0. The highest BCUT2D eigenvalue weighted by molar-refractivity contribution is 5.82. The number of rotatable bonds is 5. The molecule has 0 saturated carbocycles. The molecular formula is C16H31N3O2. The number of hydrogen-bond donors (Lipinski definition) is 2. The van der Waals surface area contributed by atoms with Crippen molar-refractivity contribution in [2.75, 3.05) is 13.1 Å². The minimum atomic E-state index is -0.344. The van der Waals surface area contributed by atoms with Gasteiger partial charge < -0.3 is 15.5 Å². The van der Waals surface area contributed by atoms with Crippen LogP contribution in [0.25, 0.3) is 0 Å². The second kappa shape index (κ2) is 7.25. The molecular weight excluding hydrogens is 266 g/mol. The Bertz CT molecular complexity index is 374. The molecule has 0 unspecified atom stereocenters. The van der Waals surface area contributed by atoms with E-state index in [0.717, 1.165) is 19.4 Å². The third kappa shape index (κ3) is 5.30. The van der Waals surface area contributed by atoms with Gasteiger partial charge in [-0.2, -0.15) is 0 Å². The van der Waals surface area contributed by atoms with Crippen molar-refractivity contribution in [1.82, 2.24) is 15.5 Å². The van der Waals surface area contributed by atoms with Gasteiger partial charge in [-0.3, -0.25) is 9.59 Å². The van der Waals surface area contributed by atoms with E-state index in [1.165, 1.54) is 0 Å². The van der Waals surface area contributed by atoms with Crippen molar-refractivity contribution in [2.45, 2.75) is 72.5 Å². The fraction of sp³-hybridized carbons (Fsp3) is 0.875. The van der Waals surface area contributed by atoms with E-state index >= 15 is 0 Å². The maximum absolute atomic E-state index is 12.4. The third-order valence-electron chi connectivity index (χ3n) is 3.76. The van der Waals surface area contributed by atoms with Crippen molar-refractivity contribution < 1.29 is 9.59 Å². The van der Waals surface area contributed by atoms with Crippen LogP contribution in [0.15, 0.2) is 0 Å². The molecule has 1 heterocycles. The number of hydrogen-bond acceptors (Lipinski definition) is 3. The summed E-state index contributed by atoms with van der Waals surface area (Å²) in [7, 11) is 0. The van der Waals surface area contributed by atoms with Gasteiger partial charge in [-0.15, -0.1) is 0 Å². The van der Waals surface area contributed by atoms with Crippen LogP contribution in [0.5, 0.6) is 0 Å². The number of carbonyl (C=O) groups is 2. The van der Waals surface area contributed by atoms with Crippen LogP contribution in [-0.4, -0.2) is 47.9 Å². The van der Waals surface area contributed by atoms with E-state index in [9.17, 15) is 9.59 Å². The van der Waals surface area contributed by atoms with E-state index in [1.807, 2.05) is 46.4 Å². The van der Waals surface area contributed by atoms with Crippen molar-refractivity contribution in [3.63, 3.8) is 0 Å². The molecule has 122 valence electrons. The summed E-state index contributed by atoms with van der Waals surface area (Å²) in [6.45, 7) is 13.1. The van der Waals surface area contributed by atoms with Crippen molar-refractivity contribution in [3.8, 4) is 0 Å². The monoisotopic (exact) mass is 297 g/mol. The van der Waals surface area contributed by atoms with Gasteiger partial charge >= 0.3 is 0 Å². The smallest absolute Gasteiger partial charge is 0.237 e. The van der Waals surface area contributed by atoms with Crippen LogP contribution in [-0.2, 0) is 9.59 Å². The number of amides is 2. The van der Waals surface area contributed by atoms with E-state index in [2.05, 4.69) is 10.6 Å². The Hall–Kier alpha value is -1.10. The lowest BCUT2D eigenvalue weighted by atomic mass is 9.94. The van der Waals surface area contributed by atoms with Crippen LogP contribution in [0.1, 0.15) is 54.4 Å². The fourth-order valence-corrected chi connectivity index (χ4v) is 2.56. The number of nitrogens with zero attached hydrogens (tertiary/aromatic N) is 1. The maximum atomic E-state index is 12.4. The fourth-order valence-electron chi connectivity index (χ4n) is 2.56. The zero-order valence-corrected chi connectivity index (χ0v) is 14.3. The van der Waals surface area contributed by atoms with Gasteiger partial charge in [0.1, 0.15) is 0 Å². The molecule has 1 aliphatic heterocycles. The summed E-state index contributed by atoms with van der Waals surface area (Å²) in [5.74, 6) is 0.211. The van der Waals surface area contributed by atoms with Gasteiger partial charge in [-0.25, -0.2) is 0 Å². The van der Waals surface area contributed by atoms with Crippen LogP contribution in [0.2, 0.25) is 0 Å². The van der Waals surface area contributed by atoms with Gasteiger partial charge in [-0.1, -0.05) is 20.8 Å². The van der Waals surface area contributed by atoms with Crippen LogP contribution < -0.4 is 10.6 Å². The molecule has 0 spiro atoms. The Kier molecular flexibility index (Phi) is 6.20. The average molecular weight is 297 g/mol. The molecule has 5 nitrogen and oxygen atoms in total. The number of carbonyl (C=O) groups excluding carboxylic acids is 2. The van der Waals surface area contributed by atoms with Gasteiger partial charge in [0, 0.05) is 30.6 Å². The first-order chi connectivity index (χ1) is 9.62. The Morgan fingerprint density at radius 2 is 1.86 bits per heavy atom. The molecule has 5 heteroatoms. The lowest BCUT2D eigenvalue weighted by molar-refractivity contribution is -0.140. The molecule has 2 amide bonds. The minimum absolute atomic E-state index is 0.0108. The molecule has 1 fully saturated rings. The molecule has 2 N–H and O–H groups in total. The molecule has 0 aromatic rings. The van der Waals surface area contributed by atoms with Crippen LogP contribution in [0.3, 0.4) is 0 Å². The Morgan fingerprint density at radius 1 is 1.24 bits per heavy atom. The summed E-state index contributed by atoms with van der Waals surface area (Å²) in [4.78, 5) is 26.3. The summed E-state index contributed by atoms with van der Waals surface area (Å²) in [6, 6.07) is 0.109. The zero-order valence-electron chi connectivity index (χ0n) is 14.3. The van der Waals surface area contributed by atoms with E-state index in [0.29, 0.717) is 6.54 Å². The van der Waals surface area contributed by atoms with Gasteiger partial charge in [0.05, 0.1) is 6.04 Å². The first kappa shape index (κ1) is 18.0. The van der Waals surface area contributed by atoms with Crippen molar-refractivity contribution >= 4 is 11.8 Å². The quantitative estimate of drug-likeness (QED) is 0.809. The van der Waals surface area contributed by atoms with Crippen molar-refractivity contribution in [3.05, 3.63) is 0 Å². The van der Waals surface area contributed by atoms with E-state index in [1.54, 1.807) is 0 Å². The van der Waals surface area contributed by atoms with Gasteiger partial charge in [0.25, 0.3) is 0 Å². The van der Waals surface area contributed by atoms with Crippen LogP contribution in [0.4, 0.5) is 0 Å². The average Bonchev–Trinajstić information content (AvgIpc) is 2.80. The predicted octanol–water partition coefficient (Wildman–Crippen LogP) is 1.53. The Labute approximate surface area is 128 Å². The summed E-state index contributed by atoms with van der Waals surface area (Å²) in [5, 5.41) is 6.15. The second-order valence-corrected chi connectivity index (χ2v) is 7.34. The van der Waals surface area contributed by atoms with Crippen LogP contribution >= 0.6 is 0 Å². The topological polar surface area (TPSA) is 61.4 Å². The highest BCUT2D eigenvalue weighted by Crippen LogP contribution is 2.25. The minimum Gasteiger partial charge on any atom is -0.353 e. The SMILES string of the molecule is CC(C)NC(=O)[C@H](C)NC[C@@H]1CCCN1C(=O)C(C)(C)C. The number of likely N-dealkylation sites (tertiary alicyclic amines) is 1. The summed E-state index contributed by atoms with van der Waals surface area (Å²) in [5.41, 5.74) is -0.344. The number of nitrogens with one attached hydrogen (secondary N) is 2. The molecule has 0 aliphatic carbocycles. The molecule has 0 aromatic heterocycles. The molecule has 2 atom stereocenters. The van der Waals surface area contributed by atoms with E-state index < -0.39 is 0 Å². The second-order valence-electron chi connectivity index (χ2n) is 7.34. The molecule has 21 heavy (non-hydrogen) atoms. The molecule has 1 rings (SSSR count). The highest BCUT2D eigenvalue weighted by atomic mass is 16.2. The molecule has 0 bridgehead atoms. The normalized spacial score (nSPS) is 20.7. The first-order valence-corrected chi connectivity index (χ1v) is 7.97. The van der Waals surface area contributed by atoms with Gasteiger partial charge in [0.2, 0.25) is 11.8 Å². The molecule has 1 saturated heterocycles. The maximum Gasteiger partial charge on any atom is 0.237 e. The summed E-state index contributed by atoms with van der Waals surface area (Å²) in [6.07, 6.45) is 2.05. The third-order valence-corrected chi connectivity index (χ3v) is 3.76. The lowest BCUT2D eigenvalue weighted by Gasteiger charge is -2.31. The van der Waals surface area contributed by atoms with Crippen LogP contribution in [0, 0.1) is 5.41 Å². The van der Waals surface area contributed by atoms with Crippen molar-refractivity contribution in [2.24, 2.45) is 5.41 Å². The summed E-state index contributed by atoms with van der Waals surface area (Å²) < 4.78 is 0. The molecule has 0 aromatic carbocycles. The van der Waals surface area contributed by atoms with Gasteiger partial charge in [-0.05, 0) is 33.6 Å². The van der Waals surface area contributed by atoms with Crippen molar-refractivity contribution in [1.29, 1.82) is 0 Å². The van der Waals surface area contributed by atoms with E-state index in [4.69, 9.17) is 0 Å². The van der Waals surface area contributed by atoms with Gasteiger partial charge in [0.15, 0.2) is 0 Å². The Balaban J connectivity index is 2.50. The predicted molar refractivity (Wildman–Crippen MR) is 84.9 cm³/mol. The molecule has 0 radical (unpaired) electrons. The standard InChI is InChI=1S/C16H31N3O2/c1-11(2)18-14(20)12(3)17-10-13-8-7-9-19(13)15(21)16(4,5)6/h11-13,17H,7-10H2,1-6H3,(H,18,20)/t12-,13-/m0/s1. The largest absolute Gasteiger partial charge is 0.353 e. The van der Waals surface area contributed by atoms with E-state index in [-0.39, 0.29) is 35.4 Å². The zero-order chi connectivity index (χ0) is 16.2. The lowest BCUT2D eigenvalue weighted by Crippen LogP contribution is -2.50. The molecule has 1 aliphatic rings. The Morgan fingerprint density at radius 3 is 2.38 bits per heavy atom. The highest BCUT2D eigenvalue weighted by Gasteiger charge is 2.35. The first-order valence-electron chi connectivity index (χ1n) is 7.97.